The van der Waals surface area contributed by atoms with Gasteiger partial charge in [0.1, 0.15) is 19.0 Å². The van der Waals surface area contributed by atoms with Crippen molar-refractivity contribution in [3.05, 3.63) is 53.8 Å². The molecule has 1 aliphatic heterocycles. The number of carbonyl (C=O) groups excluding carboxylic acids is 1. The Labute approximate surface area is 126 Å². The number of Topliss-reactive ketones (excluding diaryl/α,β-unsaturated/α-hetero) is 1. The molecule has 0 saturated heterocycles. The lowest BCUT2D eigenvalue weighted by Crippen LogP contribution is -2.16. The van der Waals surface area contributed by atoms with E-state index in [2.05, 4.69) is 0 Å². The Morgan fingerprint density at radius 3 is 2.52 bits per heavy atom. The van der Waals surface area contributed by atoms with Crippen LogP contribution in [0, 0.1) is 5.82 Å². The lowest BCUT2D eigenvalue weighted by molar-refractivity contribution is 0.102. The molecule has 0 aromatic heterocycles. The van der Waals surface area contributed by atoms with E-state index in [1.807, 2.05) is 0 Å². The maximum Gasteiger partial charge on any atom is 0.173 e. The molecule has 2 aromatic rings. The summed E-state index contributed by atoms with van der Waals surface area (Å²) in [6, 6.07) is 11.3. The van der Waals surface area contributed by atoms with Crippen LogP contribution in [0.2, 0.25) is 0 Å². The summed E-state index contributed by atoms with van der Waals surface area (Å²) in [5, 5.41) is 0. The van der Waals surface area contributed by atoms with Gasteiger partial charge in [0, 0.05) is 10.5 Å². The number of benzene rings is 2. The fourth-order valence-corrected chi connectivity index (χ4v) is 2.77. The lowest BCUT2D eigenvalue weighted by atomic mass is 10.1. The summed E-state index contributed by atoms with van der Waals surface area (Å²) >= 11 is 1.38. The lowest BCUT2D eigenvalue weighted by Gasteiger charge is -2.18. The number of carbonyl (C=O) groups is 1. The van der Waals surface area contributed by atoms with E-state index in [1.54, 1.807) is 30.3 Å². The van der Waals surface area contributed by atoms with Crippen molar-refractivity contribution < 1.29 is 18.7 Å². The smallest absolute Gasteiger partial charge is 0.173 e. The van der Waals surface area contributed by atoms with Crippen molar-refractivity contribution in [2.75, 3.05) is 19.0 Å². The standard InChI is InChI=1S/C16H13FO3S/c17-12-2-4-13(5-3-12)21-10-14(18)11-1-6-15-16(9-11)20-8-7-19-15/h1-6,9H,7-8,10H2. The molecule has 3 nitrogen and oxygen atoms in total. The van der Waals surface area contributed by atoms with Crippen LogP contribution < -0.4 is 9.47 Å². The fraction of sp³-hybridized carbons (Fsp3) is 0.188. The first-order chi connectivity index (χ1) is 10.2. The molecule has 0 radical (unpaired) electrons. The van der Waals surface area contributed by atoms with E-state index in [1.165, 1.54) is 23.9 Å². The molecule has 0 spiro atoms. The maximum atomic E-state index is 12.8. The van der Waals surface area contributed by atoms with Gasteiger partial charge in [0.25, 0.3) is 0 Å². The Bertz CT molecular complexity index is 655. The van der Waals surface area contributed by atoms with Crippen molar-refractivity contribution in [3.63, 3.8) is 0 Å². The summed E-state index contributed by atoms with van der Waals surface area (Å²) in [6.07, 6.45) is 0. The number of hydrogen-bond acceptors (Lipinski definition) is 4. The molecule has 0 bridgehead atoms. The van der Waals surface area contributed by atoms with Crippen LogP contribution in [-0.2, 0) is 0 Å². The molecule has 1 aliphatic rings. The molecule has 0 fully saturated rings. The van der Waals surface area contributed by atoms with E-state index in [4.69, 9.17) is 9.47 Å². The van der Waals surface area contributed by atoms with E-state index in [0.717, 1.165) is 4.90 Å². The quantitative estimate of drug-likeness (QED) is 0.639. The zero-order chi connectivity index (χ0) is 14.7. The van der Waals surface area contributed by atoms with Crippen LogP contribution in [-0.4, -0.2) is 24.7 Å². The van der Waals surface area contributed by atoms with Gasteiger partial charge in [-0.1, -0.05) is 0 Å². The Morgan fingerprint density at radius 1 is 1.05 bits per heavy atom. The minimum atomic E-state index is -0.280. The SMILES string of the molecule is O=C(CSc1ccc(F)cc1)c1ccc2c(c1)OCCO2. The molecule has 0 unspecified atom stereocenters. The van der Waals surface area contributed by atoms with Crippen molar-refractivity contribution in [1.82, 2.24) is 0 Å². The van der Waals surface area contributed by atoms with Gasteiger partial charge in [-0.25, -0.2) is 4.39 Å². The van der Waals surface area contributed by atoms with Crippen molar-refractivity contribution in [2.45, 2.75) is 4.90 Å². The molecule has 0 amide bonds. The van der Waals surface area contributed by atoms with E-state index >= 15 is 0 Å². The number of fused-ring (bicyclic) bond motifs is 1. The van der Waals surface area contributed by atoms with Gasteiger partial charge < -0.3 is 9.47 Å². The number of halogens is 1. The average molecular weight is 304 g/mol. The highest BCUT2D eigenvalue weighted by Crippen LogP contribution is 2.31. The molecule has 5 heteroatoms. The Kier molecular flexibility index (Phi) is 4.10. The minimum absolute atomic E-state index is 0.00120. The number of thioether (sulfide) groups is 1. The first kappa shape index (κ1) is 13.9. The summed E-state index contributed by atoms with van der Waals surface area (Å²) in [7, 11) is 0. The normalized spacial score (nSPS) is 13.0. The Morgan fingerprint density at radius 2 is 1.76 bits per heavy atom. The molecule has 0 N–H and O–H groups in total. The zero-order valence-electron chi connectivity index (χ0n) is 11.2. The number of ether oxygens (including phenoxy) is 2. The van der Waals surface area contributed by atoms with Crippen molar-refractivity contribution in [3.8, 4) is 11.5 Å². The van der Waals surface area contributed by atoms with Crippen LogP contribution in [0.25, 0.3) is 0 Å². The molecular weight excluding hydrogens is 291 g/mol. The Balaban J connectivity index is 1.66. The molecule has 3 rings (SSSR count). The third-order valence-corrected chi connectivity index (χ3v) is 4.06. The molecular formula is C16H13FO3S. The van der Waals surface area contributed by atoms with Crippen LogP contribution in [0.4, 0.5) is 4.39 Å². The first-order valence-electron chi connectivity index (χ1n) is 6.53. The predicted molar refractivity (Wildman–Crippen MR) is 78.9 cm³/mol. The van der Waals surface area contributed by atoms with Crippen molar-refractivity contribution >= 4 is 17.5 Å². The van der Waals surface area contributed by atoms with Gasteiger partial charge in [-0.05, 0) is 42.5 Å². The van der Waals surface area contributed by atoms with Gasteiger partial charge in [0.2, 0.25) is 0 Å². The number of ketones is 1. The summed E-state index contributed by atoms with van der Waals surface area (Å²) in [6.45, 7) is 1.02. The summed E-state index contributed by atoms with van der Waals surface area (Å²) in [5.41, 5.74) is 0.592. The highest BCUT2D eigenvalue weighted by Gasteiger charge is 2.15. The molecule has 1 heterocycles. The van der Waals surface area contributed by atoms with E-state index < -0.39 is 0 Å². The summed E-state index contributed by atoms with van der Waals surface area (Å²) in [5.74, 6) is 1.30. The van der Waals surface area contributed by atoms with Gasteiger partial charge in [-0.3, -0.25) is 4.79 Å². The number of rotatable bonds is 4. The highest BCUT2D eigenvalue weighted by molar-refractivity contribution is 8.00. The predicted octanol–water partition coefficient (Wildman–Crippen LogP) is 3.57. The van der Waals surface area contributed by atoms with Crippen molar-refractivity contribution in [1.29, 1.82) is 0 Å². The second kappa shape index (κ2) is 6.18. The molecule has 21 heavy (non-hydrogen) atoms. The first-order valence-corrected chi connectivity index (χ1v) is 7.52. The third-order valence-electron chi connectivity index (χ3n) is 3.05. The highest BCUT2D eigenvalue weighted by atomic mass is 32.2. The van der Waals surface area contributed by atoms with Gasteiger partial charge in [-0.15, -0.1) is 11.8 Å². The zero-order valence-corrected chi connectivity index (χ0v) is 12.0. The second-order valence-corrected chi connectivity index (χ2v) is 5.57. The molecule has 0 atom stereocenters. The van der Waals surface area contributed by atoms with E-state index in [0.29, 0.717) is 36.0 Å². The van der Waals surface area contributed by atoms with Crippen LogP contribution in [0.15, 0.2) is 47.4 Å². The largest absolute Gasteiger partial charge is 0.486 e. The van der Waals surface area contributed by atoms with Gasteiger partial charge in [0.05, 0.1) is 5.75 Å². The molecule has 0 saturated carbocycles. The van der Waals surface area contributed by atoms with Crippen LogP contribution in [0.3, 0.4) is 0 Å². The van der Waals surface area contributed by atoms with Crippen molar-refractivity contribution in [2.24, 2.45) is 0 Å². The van der Waals surface area contributed by atoms with Gasteiger partial charge in [0.15, 0.2) is 17.3 Å². The fourth-order valence-electron chi connectivity index (χ4n) is 1.98. The monoisotopic (exact) mass is 304 g/mol. The molecule has 108 valence electrons. The third kappa shape index (κ3) is 3.36. The topological polar surface area (TPSA) is 35.5 Å². The van der Waals surface area contributed by atoms with Crippen LogP contribution in [0.1, 0.15) is 10.4 Å². The van der Waals surface area contributed by atoms with E-state index in [9.17, 15) is 9.18 Å². The summed E-state index contributed by atoms with van der Waals surface area (Å²) < 4.78 is 23.7. The number of hydrogen-bond donors (Lipinski definition) is 0. The van der Waals surface area contributed by atoms with Gasteiger partial charge in [-0.2, -0.15) is 0 Å². The minimum Gasteiger partial charge on any atom is -0.486 e. The van der Waals surface area contributed by atoms with Crippen LogP contribution in [0.5, 0.6) is 11.5 Å². The van der Waals surface area contributed by atoms with Gasteiger partial charge >= 0.3 is 0 Å². The summed E-state index contributed by atoms with van der Waals surface area (Å²) in [4.78, 5) is 13.0. The maximum absolute atomic E-state index is 12.8. The average Bonchev–Trinajstić information content (AvgIpc) is 2.53. The van der Waals surface area contributed by atoms with Crippen LogP contribution >= 0.6 is 11.8 Å². The Hall–Kier alpha value is -2.01. The second-order valence-electron chi connectivity index (χ2n) is 4.52. The molecule has 2 aromatic carbocycles. The molecule has 0 aliphatic carbocycles. The van der Waals surface area contributed by atoms with E-state index in [-0.39, 0.29) is 11.6 Å².